The fourth-order valence-corrected chi connectivity index (χ4v) is 1.04. The van der Waals surface area contributed by atoms with Crippen molar-refractivity contribution >= 4 is 12.4 Å². The minimum absolute atomic E-state index is 0.765. The van der Waals surface area contributed by atoms with Crippen LogP contribution in [0.15, 0.2) is 9.98 Å². The maximum atomic E-state index is 5.36. The van der Waals surface area contributed by atoms with Crippen LogP contribution in [0.3, 0.4) is 0 Å². The van der Waals surface area contributed by atoms with Crippen LogP contribution < -0.4 is 5.73 Å². The first-order valence-corrected chi connectivity index (χ1v) is 5.60. The fraction of sp³-hybridized carbons (Fsp3) is 0.818. The lowest BCUT2D eigenvalue weighted by atomic mass is 10.2. The van der Waals surface area contributed by atoms with Crippen LogP contribution in [0.1, 0.15) is 39.0 Å². The molecule has 0 unspecified atom stereocenters. The molecule has 3 heteroatoms. The van der Waals surface area contributed by atoms with Crippen LogP contribution in [0.4, 0.5) is 0 Å². The fourth-order valence-electron chi connectivity index (χ4n) is 1.04. The molecule has 0 saturated carbocycles. The zero-order valence-corrected chi connectivity index (χ0v) is 9.28. The third kappa shape index (κ3) is 11.3. The van der Waals surface area contributed by atoms with E-state index in [2.05, 4.69) is 16.9 Å². The smallest absolute Gasteiger partial charge is 0.0390 e. The Morgan fingerprint density at radius 1 is 0.929 bits per heavy atom. The molecule has 0 atom stereocenters. The number of nitrogens with two attached hydrogens (primary N) is 1. The van der Waals surface area contributed by atoms with E-state index >= 15 is 0 Å². The van der Waals surface area contributed by atoms with Crippen molar-refractivity contribution in [3.8, 4) is 0 Å². The van der Waals surface area contributed by atoms with Gasteiger partial charge in [-0.1, -0.05) is 19.8 Å². The predicted octanol–water partition coefficient (Wildman–Crippen LogP) is 2.06. The van der Waals surface area contributed by atoms with Crippen LogP contribution >= 0.6 is 0 Å². The molecule has 0 amide bonds. The Labute approximate surface area is 87.5 Å². The monoisotopic (exact) mass is 197 g/mol. The number of unbranched alkanes of at least 4 members (excludes halogenated alkanes) is 3. The molecule has 0 aromatic rings. The van der Waals surface area contributed by atoms with Gasteiger partial charge in [-0.15, -0.1) is 0 Å². The van der Waals surface area contributed by atoms with Crippen LogP contribution in [0.5, 0.6) is 0 Å². The molecule has 0 heterocycles. The summed E-state index contributed by atoms with van der Waals surface area (Å²) in [6.07, 6.45) is 9.45. The van der Waals surface area contributed by atoms with Crippen molar-refractivity contribution in [3.05, 3.63) is 0 Å². The van der Waals surface area contributed by atoms with Gasteiger partial charge >= 0.3 is 0 Å². The lowest BCUT2D eigenvalue weighted by Crippen LogP contribution is -1.98. The Bertz CT molecular complexity index is 135. The van der Waals surface area contributed by atoms with E-state index in [0.717, 1.165) is 32.5 Å². The van der Waals surface area contributed by atoms with Gasteiger partial charge in [-0.2, -0.15) is 0 Å². The highest BCUT2D eigenvalue weighted by atomic mass is 14.7. The quantitative estimate of drug-likeness (QED) is 0.446. The molecule has 0 radical (unpaired) electrons. The second-order valence-electron chi connectivity index (χ2n) is 3.31. The summed E-state index contributed by atoms with van der Waals surface area (Å²) in [6, 6.07) is 0. The third-order valence-corrected chi connectivity index (χ3v) is 1.91. The summed E-state index contributed by atoms with van der Waals surface area (Å²) in [5.74, 6) is 0. The average molecular weight is 197 g/mol. The molecule has 0 aromatic carbocycles. The molecule has 0 fully saturated rings. The Morgan fingerprint density at radius 3 is 2.00 bits per heavy atom. The van der Waals surface area contributed by atoms with E-state index in [4.69, 9.17) is 5.73 Å². The van der Waals surface area contributed by atoms with Crippen LogP contribution in [0.25, 0.3) is 0 Å². The summed E-state index contributed by atoms with van der Waals surface area (Å²) in [5, 5.41) is 0. The van der Waals surface area contributed by atoms with E-state index in [-0.39, 0.29) is 0 Å². The molecule has 0 rings (SSSR count). The maximum Gasteiger partial charge on any atom is 0.0390 e. The van der Waals surface area contributed by atoms with Crippen molar-refractivity contribution in [1.29, 1.82) is 0 Å². The Kier molecular flexibility index (Phi) is 11.7. The number of nitrogens with zero attached hydrogens (tertiary/aromatic N) is 2. The van der Waals surface area contributed by atoms with Crippen LogP contribution in [-0.2, 0) is 0 Å². The number of aliphatic imine (C=N–C) groups is 2. The summed E-state index contributed by atoms with van der Waals surface area (Å²) in [6.45, 7) is 4.77. The second kappa shape index (κ2) is 12.3. The zero-order chi connectivity index (χ0) is 10.5. The van der Waals surface area contributed by atoms with Gasteiger partial charge in [-0.3, -0.25) is 9.98 Å². The molecule has 3 nitrogen and oxygen atoms in total. The molecule has 0 saturated heterocycles. The van der Waals surface area contributed by atoms with Gasteiger partial charge < -0.3 is 5.73 Å². The molecule has 0 aliphatic carbocycles. The van der Waals surface area contributed by atoms with Gasteiger partial charge in [-0.25, -0.2) is 0 Å². The van der Waals surface area contributed by atoms with Crippen molar-refractivity contribution in [1.82, 2.24) is 0 Å². The molecule has 0 bridgehead atoms. The molecule has 0 spiro atoms. The van der Waals surface area contributed by atoms with E-state index in [1.165, 1.54) is 19.3 Å². The average Bonchev–Trinajstić information content (AvgIpc) is 2.21. The van der Waals surface area contributed by atoms with E-state index in [1.807, 2.05) is 0 Å². The van der Waals surface area contributed by atoms with Crippen LogP contribution in [0.2, 0.25) is 0 Å². The first-order valence-electron chi connectivity index (χ1n) is 5.60. The van der Waals surface area contributed by atoms with Crippen molar-refractivity contribution < 1.29 is 0 Å². The van der Waals surface area contributed by atoms with Gasteiger partial charge in [0, 0.05) is 25.5 Å². The van der Waals surface area contributed by atoms with Crippen LogP contribution in [0, 0.1) is 0 Å². The summed E-state index contributed by atoms with van der Waals surface area (Å²) in [4.78, 5) is 8.42. The molecule has 14 heavy (non-hydrogen) atoms. The van der Waals surface area contributed by atoms with Crippen molar-refractivity contribution in [2.24, 2.45) is 15.7 Å². The first-order chi connectivity index (χ1) is 6.91. The Balaban J connectivity index is 3.15. The van der Waals surface area contributed by atoms with Gasteiger partial charge in [-0.05, 0) is 25.8 Å². The summed E-state index contributed by atoms with van der Waals surface area (Å²) >= 11 is 0. The maximum absolute atomic E-state index is 5.36. The summed E-state index contributed by atoms with van der Waals surface area (Å²) in [5.41, 5.74) is 5.36. The highest BCUT2D eigenvalue weighted by Gasteiger charge is 1.82. The van der Waals surface area contributed by atoms with Gasteiger partial charge in [0.2, 0.25) is 0 Å². The topological polar surface area (TPSA) is 50.7 Å². The molecular formula is C11H23N3. The van der Waals surface area contributed by atoms with E-state index in [9.17, 15) is 0 Å². The highest BCUT2D eigenvalue weighted by molar-refractivity contribution is 6.15. The van der Waals surface area contributed by atoms with Gasteiger partial charge in [0.15, 0.2) is 0 Å². The standard InChI is InChI=1S/C11H23N3/c1-2-3-5-8-13-10-11-14-9-6-4-7-12/h10-11H,2-9,12H2,1H3. The lowest BCUT2D eigenvalue weighted by Gasteiger charge is -1.91. The van der Waals surface area contributed by atoms with Crippen molar-refractivity contribution in [2.45, 2.75) is 39.0 Å². The highest BCUT2D eigenvalue weighted by Crippen LogP contribution is 1.92. The van der Waals surface area contributed by atoms with Gasteiger partial charge in [0.05, 0.1) is 0 Å². The number of rotatable bonds is 9. The van der Waals surface area contributed by atoms with E-state index in [0.29, 0.717) is 0 Å². The molecule has 0 aromatic heterocycles. The molecule has 0 aliphatic rings. The van der Waals surface area contributed by atoms with E-state index in [1.54, 1.807) is 12.4 Å². The predicted molar refractivity (Wildman–Crippen MR) is 64.5 cm³/mol. The Morgan fingerprint density at radius 2 is 1.50 bits per heavy atom. The zero-order valence-electron chi connectivity index (χ0n) is 9.28. The minimum atomic E-state index is 0.765. The molecule has 82 valence electrons. The summed E-state index contributed by atoms with van der Waals surface area (Å²) < 4.78 is 0. The Hall–Kier alpha value is -0.700. The van der Waals surface area contributed by atoms with E-state index < -0.39 is 0 Å². The van der Waals surface area contributed by atoms with Crippen LogP contribution in [-0.4, -0.2) is 32.1 Å². The van der Waals surface area contributed by atoms with Crippen molar-refractivity contribution in [2.75, 3.05) is 19.6 Å². The third-order valence-electron chi connectivity index (χ3n) is 1.91. The summed E-state index contributed by atoms with van der Waals surface area (Å²) in [7, 11) is 0. The normalized spacial score (nSPS) is 11.9. The first kappa shape index (κ1) is 13.3. The molecule has 2 N–H and O–H groups in total. The minimum Gasteiger partial charge on any atom is -0.330 e. The van der Waals surface area contributed by atoms with Gasteiger partial charge in [0.25, 0.3) is 0 Å². The SMILES string of the molecule is CCCCCN=CC=NCCCCN. The second-order valence-corrected chi connectivity index (χ2v) is 3.31. The number of hydrogen-bond acceptors (Lipinski definition) is 3. The molecular weight excluding hydrogens is 174 g/mol. The lowest BCUT2D eigenvalue weighted by molar-refractivity contribution is 0.729. The van der Waals surface area contributed by atoms with Crippen molar-refractivity contribution in [3.63, 3.8) is 0 Å². The molecule has 0 aliphatic heterocycles. The van der Waals surface area contributed by atoms with Gasteiger partial charge in [0.1, 0.15) is 0 Å². The number of hydrogen-bond donors (Lipinski definition) is 1. The largest absolute Gasteiger partial charge is 0.330 e.